The monoisotopic (exact) mass is 354 g/mol. The fourth-order valence-corrected chi connectivity index (χ4v) is 2.96. The van der Waals surface area contributed by atoms with Gasteiger partial charge >= 0.3 is 0 Å². The number of nitrogens with zero attached hydrogens (tertiary/aromatic N) is 2. The predicted molar refractivity (Wildman–Crippen MR) is 102 cm³/mol. The molecular weight excluding hydrogens is 332 g/mol. The molecule has 0 aliphatic carbocycles. The van der Waals surface area contributed by atoms with Crippen molar-refractivity contribution in [2.24, 2.45) is 5.18 Å². The van der Waals surface area contributed by atoms with E-state index in [0.29, 0.717) is 30.0 Å². The van der Waals surface area contributed by atoms with E-state index in [1.165, 1.54) is 0 Å². The van der Waals surface area contributed by atoms with Gasteiger partial charge in [0.05, 0.1) is 25.8 Å². The van der Waals surface area contributed by atoms with Crippen molar-refractivity contribution in [2.45, 2.75) is 26.3 Å². The minimum absolute atomic E-state index is 0.0621. The van der Waals surface area contributed by atoms with Crippen molar-refractivity contribution < 1.29 is 14.6 Å². The summed E-state index contributed by atoms with van der Waals surface area (Å²) in [4.78, 5) is 11.1. The molecule has 26 heavy (non-hydrogen) atoms. The van der Waals surface area contributed by atoms with Crippen molar-refractivity contribution in [1.29, 1.82) is 0 Å². The molecule has 0 saturated heterocycles. The van der Waals surface area contributed by atoms with Crippen molar-refractivity contribution in [3.63, 3.8) is 0 Å². The summed E-state index contributed by atoms with van der Waals surface area (Å²) >= 11 is 0. The summed E-state index contributed by atoms with van der Waals surface area (Å²) in [5.74, 6) is 1.20. The first-order valence-electron chi connectivity index (χ1n) is 8.62. The van der Waals surface area contributed by atoms with Crippen LogP contribution in [0, 0.1) is 4.91 Å². The molecule has 0 radical (unpaired) electrons. The normalized spacial score (nSPS) is 10.8. The van der Waals surface area contributed by atoms with Crippen LogP contribution in [0.15, 0.2) is 47.6 Å². The number of rotatable bonds is 8. The highest BCUT2D eigenvalue weighted by Gasteiger charge is 2.17. The number of aromatic hydroxyl groups is 1. The van der Waals surface area contributed by atoms with Crippen molar-refractivity contribution >= 4 is 16.6 Å². The van der Waals surface area contributed by atoms with Gasteiger partial charge in [-0.1, -0.05) is 37.6 Å². The fraction of sp³-hybridized carbons (Fsp3) is 0.300. The second-order valence-corrected chi connectivity index (χ2v) is 6.05. The second-order valence-electron chi connectivity index (χ2n) is 6.05. The predicted octanol–water partition coefficient (Wildman–Crippen LogP) is 4.98. The zero-order valence-electron chi connectivity index (χ0n) is 14.9. The van der Waals surface area contributed by atoms with Gasteiger partial charge in [-0.15, -0.1) is 4.91 Å². The van der Waals surface area contributed by atoms with Crippen LogP contribution in [0.3, 0.4) is 0 Å². The van der Waals surface area contributed by atoms with Gasteiger partial charge in [-0.05, 0) is 35.4 Å². The molecule has 6 nitrogen and oxygen atoms in total. The van der Waals surface area contributed by atoms with Gasteiger partial charge in [0, 0.05) is 5.39 Å². The van der Waals surface area contributed by atoms with E-state index >= 15 is 0 Å². The molecule has 2 aromatic carbocycles. The first-order valence-corrected chi connectivity index (χ1v) is 8.62. The summed E-state index contributed by atoms with van der Waals surface area (Å²) < 4.78 is 12.8. The number of methoxy groups -OCH3 is 1. The standard InChI is InChI=1S/C20H22N2O4/c1-3-4-11-26-17-10-9-14(12-18(17)25-2)13-22-16-8-6-5-7-15(16)19(21-24)20(22)23/h5-10,12,23H,3-4,11,13H2,1-2H3. The average molecular weight is 354 g/mol. The lowest BCUT2D eigenvalue weighted by molar-refractivity contribution is 0.288. The van der Waals surface area contributed by atoms with Crippen LogP contribution in [0.1, 0.15) is 25.3 Å². The zero-order valence-corrected chi connectivity index (χ0v) is 14.9. The number of para-hydroxylation sites is 1. The smallest absolute Gasteiger partial charge is 0.222 e. The average Bonchev–Trinajstić information content (AvgIpc) is 2.94. The molecule has 1 N–H and O–H groups in total. The van der Waals surface area contributed by atoms with Gasteiger partial charge in [0.15, 0.2) is 17.2 Å². The molecule has 1 aromatic heterocycles. The number of fused-ring (bicyclic) bond motifs is 1. The Hall–Kier alpha value is -3.02. The highest BCUT2D eigenvalue weighted by molar-refractivity contribution is 5.95. The first kappa shape index (κ1) is 17.8. The third-order valence-electron chi connectivity index (χ3n) is 4.33. The summed E-state index contributed by atoms with van der Waals surface area (Å²) in [6.07, 6.45) is 2.04. The molecule has 3 aromatic rings. The Kier molecular flexibility index (Phi) is 5.41. The Balaban J connectivity index is 1.93. The molecule has 0 atom stereocenters. The van der Waals surface area contributed by atoms with Crippen molar-refractivity contribution in [1.82, 2.24) is 4.57 Å². The van der Waals surface area contributed by atoms with Crippen LogP contribution in [0.5, 0.6) is 17.4 Å². The molecule has 0 aliphatic rings. The minimum Gasteiger partial charge on any atom is -0.493 e. The lowest BCUT2D eigenvalue weighted by atomic mass is 10.2. The van der Waals surface area contributed by atoms with E-state index in [0.717, 1.165) is 23.9 Å². The lowest BCUT2D eigenvalue weighted by Crippen LogP contribution is -2.02. The van der Waals surface area contributed by atoms with E-state index in [4.69, 9.17) is 9.47 Å². The van der Waals surface area contributed by atoms with Crippen LogP contribution in [0.25, 0.3) is 10.9 Å². The van der Waals surface area contributed by atoms with Crippen molar-refractivity contribution in [3.05, 3.63) is 52.9 Å². The summed E-state index contributed by atoms with van der Waals surface area (Å²) in [5, 5.41) is 14.0. The number of nitroso groups, excluding NO2 is 1. The van der Waals surface area contributed by atoms with E-state index in [1.54, 1.807) is 17.7 Å². The SMILES string of the molecule is CCCCOc1ccc(Cn2c(O)c(N=O)c3ccccc32)cc1OC. The number of benzene rings is 2. The Bertz CT molecular complexity index is 918. The van der Waals surface area contributed by atoms with Gasteiger partial charge in [0.2, 0.25) is 5.88 Å². The number of ether oxygens (including phenoxy) is 2. The van der Waals surface area contributed by atoms with E-state index in [1.807, 2.05) is 36.4 Å². The molecule has 0 saturated carbocycles. The number of aromatic nitrogens is 1. The summed E-state index contributed by atoms with van der Waals surface area (Å²) in [6.45, 7) is 3.14. The highest BCUT2D eigenvalue weighted by atomic mass is 16.5. The number of hydrogen-bond acceptors (Lipinski definition) is 5. The molecule has 0 aliphatic heterocycles. The molecule has 0 fully saturated rings. The third-order valence-corrected chi connectivity index (χ3v) is 4.33. The molecule has 136 valence electrons. The topological polar surface area (TPSA) is 73.0 Å². The van der Waals surface area contributed by atoms with Gasteiger partial charge in [-0.25, -0.2) is 0 Å². The van der Waals surface area contributed by atoms with Crippen LogP contribution in [0.2, 0.25) is 0 Å². The number of unbranched alkanes of at least 4 members (excludes halogenated alkanes) is 1. The fourth-order valence-electron chi connectivity index (χ4n) is 2.96. The van der Waals surface area contributed by atoms with Gasteiger partial charge in [0.25, 0.3) is 0 Å². The Morgan fingerprint density at radius 2 is 1.96 bits per heavy atom. The largest absolute Gasteiger partial charge is 0.493 e. The van der Waals surface area contributed by atoms with Gasteiger partial charge in [0.1, 0.15) is 0 Å². The van der Waals surface area contributed by atoms with E-state index in [-0.39, 0.29) is 11.6 Å². The van der Waals surface area contributed by atoms with Crippen LogP contribution in [0.4, 0.5) is 5.69 Å². The van der Waals surface area contributed by atoms with Crippen LogP contribution >= 0.6 is 0 Å². The quantitative estimate of drug-likeness (QED) is 0.457. The van der Waals surface area contributed by atoms with E-state index in [9.17, 15) is 10.0 Å². The lowest BCUT2D eigenvalue weighted by Gasteiger charge is -2.13. The molecule has 0 bridgehead atoms. The van der Waals surface area contributed by atoms with Gasteiger partial charge in [-0.2, -0.15) is 0 Å². The molecule has 3 rings (SSSR count). The Labute approximate surface area is 151 Å². The summed E-state index contributed by atoms with van der Waals surface area (Å²) in [7, 11) is 1.60. The third kappa shape index (κ3) is 3.35. The highest BCUT2D eigenvalue weighted by Crippen LogP contribution is 2.39. The maximum absolute atomic E-state index is 11.1. The molecule has 6 heteroatoms. The van der Waals surface area contributed by atoms with Crippen LogP contribution in [-0.2, 0) is 6.54 Å². The summed E-state index contributed by atoms with van der Waals surface area (Å²) in [5.41, 5.74) is 1.73. The maximum atomic E-state index is 11.1. The second kappa shape index (κ2) is 7.91. The van der Waals surface area contributed by atoms with Crippen LogP contribution < -0.4 is 9.47 Å². The Morgan fingerprint density at radius 1 is 1.15 bits per heavy atom. The maximum Gasteiger partial charge on any atom is 0.222 e. The number of hydrogen-bond donors (Lipinski definition) is 1. The van der Waals surface area contributed by atoms with Crippen molar-refractivity contribution in [2.75, 3.05) is 13.7 Å². The zero-order chi connectivity index (χ0) is 18.5. The molecule has 0 unspecified atom stereocenters. The van der Waals surface area contributed by atoms with E-state index in [2.05, 4.69) is 12.1 Å². The first-order chi connectivity index (χ1) is 12.7. The molecule has 0 amide bonds. The minimum atomic E-state index is -0.136. The Morgan fingerprint density at radius 3 is 2.69 bits per heavy atom. The molecule has 0 spiro atoms. The molecular formula is C20H22N2O4. The van der Waals surface area contributed by atoms with Crippen LogP contribution in [-0.4, -0.2) is 23.4 Å². The van der Waals surface area contributed by atoms with Gasteiger partial charge in [-0.3, -0.25) is 0 Å². The van der Waals surface area contributed by atoms with E-state index < -0.39 is 0 Å². The molecule has 1 heterocycles. The van der Waals surface area contributed by atoms with Crippen molar-refractivity contribution in [3.8, 4) is 17.4 Å². The summed E-state index contributed by atoms with van der Waals surface area (Å²) in [6, 6.07) is 13.0. The van der Waals surface area contributed by atoms with Gasteiger partial charge < -0.3 is 19.1 Å².